The molecule has 3 aromatic carbocycles. The molecule has 0 saturated carbocycles. The molecule has 128 valence electrons. The lowest BCUT2D eigenvalue weighted by atomic mass is 10.0. The van der Waals surface area contributed by atoms with E-state index in [4.69, 9.17) is 11.6 Å². The van der Waals surface area contributed by atoms with Crippen LogP contribution in [0.3, 0.4) is 0 Å². The van der Waals surface area contributed by atoms with Crippen LogP contribution in [-0.2, 0) is 0 Å². The normalized spacial score (nSPS) is 10.8. The van der Waals surface area contributed by atoms with E-state index in [0.717, 1.165) is 15.8 Å². The maximum absolute atomic E-state index is 14.4. The molecule has 0 aliphatic rings. The van der Waals surface area contributed by atoms with Gasteiger partial charge >= 0.3 is 0 Å². The Morgan fingerprint density at radius 3 is 2.62 bits per heavy atom. The van der Waals surface area contributed by atoms with Gasteiger partial charge in [0.15, 0.2) is 4.47 Å². The van der Waals surface area contributed by atoms with E-state index < -0.39 is 5.82 Å². The van der Waals surface area contributed by atoms with Gasteiger partial charge < -0.3 is 5.32 Å². The van der Waals surface area contributed by atoms with Crippen molar-refractivity contribution in [3.8, 4) is 11.1 Å². The standard InChI is InChI=1S/C20H12ClFN2OS/c21-20-24-17-9-7-14(11-18(17)26-20)23-19(25)13-6-8-15(16(22)10-13)12-4-2-1-3-5-12/h1-11H,(H,23,25). The van der Waals surface area contributed by atoms with Gasteiger partial charge in [0.25, 0.3) is 5.91 Å². The third-order valence-electron chi connectivity index (χ3n) is 3.94. The van der Waals surface area contributed by atoms with Gasteiger partial charge in [0.2, 0.25) is 0 Å². The largest absolute Gasteiger partial charge is 0.322 e. The van der Waals surface area contributed by atoms with Crippen LogP contribution in [0.2, 0.25) is 4.47 Å². The molecule has 0 saturated heterocycles. The first-order chi connectivity index (χ1) is 12.6. The molecule has 1 N–H and O–H groups in total. The number of carbonyl (C=O) groups excluding carboxylic acids is 1. The van der Waals surface area contributed by atoms with E-state index in [9.17, 15) is 9.18 Å². The summed E-state index contributed by atoms with van der Waals surface area (Å²) in [5.74, 6) is -0.813. The number of thiazole rings is 1. The third-order valence-corrected chi connectivity index (χ3v) is 5.06. The number of aromatic nitrogens is 1. The lowest BCUT2D eigenvalue weighted by Gasteiger charge is -2.08. The van der Waals surface area contributed by atoms with Gasteiger partial charge in [-0.05, 0) is 35.9 Å². The summed E-state index contributed by atoms with van der Waals surface area (Å²) < 4.78 is 15.8. The van der Waals surface area contributed by atoms with Crippen molar-refractivity contribution >= 4 is 44.7 Å². The fourth-order valence-corrected chi connectivity index (χ4v) is 3.76. The van der Waals surface area contributed by atoms with Crippen molar-refractivity contribution in [1.82, 2.24) is 4.98 Å². The zero-order valence-corrected chi connectivity index (χ0v) is 14.9. The highest BCUT2D eigenvalue weighted by Gasteiger charge is 2.12. The molecule has 0 bridgehead atoms. The van der Waals surface area contributed by atoms with Crippen LogP contribution in [0.4, 0.5) is 10.1 Å². The molecular formula is C20H12ClFN2OS. The smallest absolute Gasteiger partial charge is 0.255 e. The molecule has 1 aromatic heterocycles. The molecule has 4 rings (SSSR count). The van der Waals surface area contributed by atoms with Gasteiger partial charge in [-0.15, -0.1) is 11.3 Å². The predicted octanol–water partition coefficient (Wildman–Crippen LogP) is 6.01. The maximum atomic E-state index is 14.4. The van der Waals surface area contributed by atoms with Crippen molar-refractivity contribution in [2.45, 2.75) is 0 Å². The van der Waals surface area contributed by atoms with Crippen LogP contribution in [0.25, 0.3) is 21.3 Å². The Kier molecular flexibility index (Phi) is 4.41. The Labute approximate surface area is 158 Å². The first-order valence-electron chi connectivity index (χ1n) is 7.82. The van der Waals surface area contributed by atoms with Crippen LogP contribution in [0, 0.1) is 5.82 Å². The Morgan fingerprint density at radius 2 is 1.85 bits per heavy atom. The van der Waals surface area contributed by atoms with Crippen molar-refractivity contribution in [2.75, 3.05) is 5.32 Å². The summed E-state index contributed by atoms with van der Waals surface area (Å²) in [5.41, 5.74) is 2.86. The fourth-order valence-electron chi connectivity index (χ4n) is 2.69. The number of carbonyl (C=O) groups is 1. The minimum absolute atomic E-state index is 0.254. The maximum Gasteiger partial charge on any atom is 0.255 e. The monoisotopic (exact) mass is 382 g/mol. The molecule has 0 radical (unpaired) electrons. The number of hydrogen-bond donors (Lipinski definition) is 1. The Balaban J connectivity index is 1.58. The van der Waals surface area contributed by atoms with Crippen molar-refractivity contribution in [3.05, 3.63) is 82.6 Å². The molecular weight excluding hydrogens is 371 g/mol. The van der Waals surface area contributed by atoms with Crippen molar-refractivity contribution in [2.24, 2.45) is 0 Å². The van der Waals surface area contributed by atoms with Crippen LogP contribution in [-0.4, -0.2) is 10.9 Å². The van der Waals surface area contributed by atoms with Crippen LogP contribution >= 0.6 is 22.9 Å². The van der Waals surface area contributed by atoms with E-state index in [0.29, 0.717) is 15.7 Å². The molecule has 0 fully saturated rings. The summed E-state index contributed by atoms with van der Waals surface area (Å²) in [6, 6.07) is 19.0. The first-order valence-corrected chi connectivity index (χ1v) is 9.02. The Bertz CT molecular complexity index is 1110. The summed E-state index contributed by atoms with van der Waals surface area (Å²) >= 11 is 7.23. The van der Waals surface area contributed by atoms with Crippen molar-refractivity contribution in [1.29, 1.82) is 0 Å². The quantitative estimate of drug-likeness (QED) is 0.471. The predicted molar refractivity (Wildman–Crippen MR) is 104 cm³/mol. The number of benzene rings is 3. The number of fused-ring (bicyclic) bond motifs is 1. The molecule has 4 aromatic rings. The van der Waals surface area contributed by atoms with Crippen molar-refractivity contribution in [3.63, 3.8) is 0 Å². The van der Waals surface area contributed by atoms with Gasteiger partial charge in [-0.2, -0.15) is 0 Å². The number of rotatable bonds is 3. The Morgan fingerprint density at radius 1 is 1.04 bits per heavy atom. The molecule has 26 heavy (non-hydrogen) atoms. The second-order valence-corrected chi connectivity index (χ2v) is 7.28. The third kappa shape index (κ3) is 3.31. The van der Waals surface area contributed by atoms with Gasteiger partial charge in [-0.1, -0.05) is 48.0 Å². The number of anilines is 1. The highest BCUT2D eigenvalue weighted by Crippen LogP contribution is 2.28. The molecule has 0 unspecified atom stereocenters. The number of hydrogen-bond acceptors (Lipinski definition) is 3. The summed E-state index contributed by atoms with van der Waals surface area (Å²) in [5, 5.41) is 2.78. The number of halogens is 2. The molecule has 0 aliphatic heterocycles. The summed E-state index contributed by atoms with van der Waals surface area (Å²) in [6.07, 6.45) is 0. The van der Waals surface area contributed by atoms with Gasteiger partial charge in [-0.3, -0.25) is 4.79 Å². The van der Waals surface area contributed by atoms with E-state index in [1.807, 2.05) is 30.3 Å². The average Bonchev–Trinajstić information content (AvgIpc) is 3.01. The van der Waals surface area contributed by atoms with Gasteiger partial charge in [0.05, 0.1) is 10.2 Å². The lowest BCUT2D eigenvalue weighted by Crippen LogP contribution is -2.12. The second-order valence-electron chi connectivity index (χ2n) is 5.66. The SMILES string of the molecule is O=C(Nc1ccc2nc(Cl)sc2c1)c1ccc(-c2ccccc2)c(F)c1. The van der Waals surface area contributed by atoms with E-state index >= 15 is 0 Å². The zero-order chi connectivity index (χ0) is 18.1. The molecule has 0 atom stereocenters. The average molecular weight is 383 g/mol. The summed E-state index contributed by atoms with van der Waals surface area (Å²) in [7, 11) is 0. The van der Waals surface area contributed by atoms with Crippen LogP contribution in [0.1, 0.15) is 10.4 Å². The van der Waals surface area contributed by atoms with Gasteiger partial charge in [0, 0.05) is 16.8 Å². The number of amides is 1. The Hall–Kier alpha value is -2.76. The molecule has 1 amide bonds. The molecule has 0 spiro atoms. The van der Waals surface area contributed by atoms with E-state index in [2.05, 4.69) is 10.3 Å². The molecule has 1 heterocycles. The van der Waals surface area contributed by atoms with Crippen LogP contribution in [0.5, 0.6) is 0 Å². The second kappa shape index (κ2) is 6.86. The minimum atomic E-state index is -0.437. The number of nitrogens with zero attached hydrogens (tertiary/aromatic N) is 1. The van der Waals surface area contributed by atoms with Crippen molar-refractivity contribution < 1.29 is 9.18 Å². The van der Waals surface area contributed by atoms with E-state index in [-0.39, 0.29) is 11.5 Å². The van der Waals surface area contributed by atoms with Crippen LogP contribution in [0.15, 0.2) is 66.7 Å². The summed E-state index contributed by atoms with van der Waals surface area (Å²) in [4.78, 5) is 16.6. The van der Waals surface area contributed by atoms with E-state index in [1.165, 1.54) is 17.4 Å². The lowest BCUT2D eigenvalue weighted by molar-refractivity contribution is 0.102. The zero-order valence-electron chi connectivity index (χ0n) is 13.4. The minimum Gasteiger partial charge on any atom is -0.322 e. The van der Waals surface area contributed by atoms with Crippen LogP contribution < -0.4 is 5.32 Å². The fraction of sp³-hybridized carbons (Fsp3) is 0. The van der Waals surface area contributed by atoms with Gasteiger partial charge in [-0.25, -0.2) is 9.37 Å². The molecule has 0 aliphatic carbocycles. The first kappa shape index (κ1) is 16.7. The topological polar surface area (TPSA) is 42.0 Å². The summed E-state index contributed by atoms with van der Waals surface area (Å²) in [6.45, 7) is 0. The van der Waals surface area contributed by atoms with Gasteiger partial charge in [0.1, 0.15) is 5.82 Å². The van der Waals surface area contributed by atoms with E-state index in [1.54, 1.807) is 30.3 Å². The number of nitrogens with one attached hydrogen (secondary N) is 1. The highest BCUT2D eigenvalue weighted by atomic mass is 35.5. The molecule has 6 heteroatoms. The molecule has 3 nitrogen and oxygen atoms in total. The highest BCUT2D eigenvalue weighted by molar-refractivity contribution is 7.22.